The molecule has 0 saturated carbocycles. The number of morpholine rings is 1. The van der Waals surface area contributed by atoms with Gasteiger partial charge in [0.2, 0.25) is 0 Å². The van der Waals surface area contributed by atoms with Crippen molar-refractivity contribution in [1.82, 2.24) is 19.8 Å². The molecule has 0 spiro atoms. The first-order chi connectivity index (χ1) is 19.3. The van der Waals surface area contributed by atoms with Crippen LogP contribution in [0.3, 0.4) is 0 Å². The number of ether oxygens (including phenoxy) is 2. The topological polar surface area (TPSA) is 66.0 Å². The molecule has 3 aliphatic rings. The molecule has 210 valence electrons. The lowest BCUT2D eigenvalue weighted by molar-refractivity contribution is 0.0331. The van der Waals surface area contributed by atoms with E-state index in [1.54, 1.807) is 7.11 Å². The molecular weight excluding hydrogens is 508 g/mol. The van der Waals surface area contributed by atoms with Crippen LogP contribution in [0.15, 0.2) is 24.3 Å². The molecule has 8 nitrogen and oxygen atoms in total. The molecule has 9 heteroatoms. The highest BCUT2D eigenvalue weighted by Gasteiger charge is 2.23. The van der Waals surface area contributed by atoms with Crippen LogP contribution >= 0.6 is 11.3 Å². The van der Waals surface area contributed by atoms with E-state index in [9.17, 15) is 0 Å². The minimum Gasteiger partial charge on any atom is -0.495 e. The number of hydrogen-bond donors (Lipinski definition) is 1. The third kappa shape index (κ3) is 6.32. The predicted octanol–water partition coefficient (Wildman–Crippen LogP) is 4.43. The van der Waals surface area contributed by atoms with Crippen LogP contribution in [-0.2, 0) is 24.1 Å². The standard InChI is InChI=1S/C30H42N6O2S/c1-37-25-10-4-3-9-24(25)36-16-14-34(15-17-36)13-7-6-12-31-29-28-23-8-2-5-11-26(23)39-30(28)33-27(32-29)22-35-18-20-38-21-19-35/h3-4,9-10H,2,5-8,11-22H2,1H3,(H,31,32,33). The van der Waals surface area contributed by atoms with E-state index in [2.05, 4.69) is 38.2 Å². The van der Waals surface area contributed by atoms with Gasteiger partial charge < -0.3 is 19.7 Å². The van der Waals surface area contributed by atoms with Crippen molar-refractivity contribution in [2.24, 2.45) is 0 Å². The molecular formula is C30H42N6O2S. The van der Waals surface area contributed by atoms with Crippen molar-refractivity contribution in [2.75, 3.05) is 82.9 Å². The number of piperazine rings is 1. The lowest BCUT2D eigenvalue weighted by Crippen LogP contribution is -2.46. The van der Waals surface area contributed by atoms with Gasteiger partial charge in [0.05, 0.1) is 37.9 Å². The number of hydrogen-bond acceptors (Lipinski definition) is 9. The number of unbranched alkanes of at least 4 members (excludes halogenated alkanes) is 1. The smallest absolute Gasteiger partial charge is 0.146 e. The third-order valence-electron chi connectivity index (χ3n) is 8.32. The number of anilines is 2. The third-order valence-corrected chi connectivity index (χ3v) is 9.51. The van der Waals surface area contributed by atoms with Crippen LogP contribution in [0, 0.1) is 0 Å². The Hall–Kier alpha value is -2.46. The van der Waals surface area contributed by atoms with Crippen LogP contribution in [0.25, 0.3) is 10.2 Å². The van der Waals surface area contributed by atoms with Crippen LogP contribution in [-0.4, -0.2) is 92.4 Å². The summed E-state index contributed by atoms with van der Waals surface area (Å²) in [5.74, 6) is 2.97. The summed E-state index contributed by atoms with van der Waals surface area (Å²) in [4.78, 5) is 20.3. The van der Waals surface area contributed by atoms with Crippen molar-refractivity contribution >= 4 is 33.1 Å². The summed E-state index contributed by atoms with van der Waals surface area (Å²) >= 11 is 1.90. The summed E-state index contributed by atoms with van der Waals surface area (Å²) in [5.41, 5.74) is 2.72. The van der Waals surface area contributed by atoms with E-state index in [-0.39, 0.29) is 0 Å². The second-order valence-electron chi connectivity index (χ2n) is 10.9. The number of nitrogens with zero attached hydrogens (tertiary/aromatic N) is 5. The Morgan fingerprint density at radius 3 is 2.62 bits per heavy atom. The zero-order valence-corrected chi connectivity index (χ0v) is 24.1. The van der Waals surface area contributed by atoms with Gasteiger partial charge in [0.25, 0.3) is 0 Å². The van der Waals surface area contributed by atoms with E-state index < -0.39 is 0 Å². The molecule has 0 radical (unpaired) electrons. The molecule has 2 saturated heterocycles. The molecule has 0 amide bonds. The Labute approximate surface area is 236 Å². The van der Waals surface area contributed by atoms with Crippen molar-refractivity contribution in [2.45, 2.75) is 45.1 Å². The van der Waals surface area contributed by atoms with Crippen LogP contribution in [0.5, 0.6) is 5.75 Å². The molecule has 2 aromatic heterocycles. The van der Waals surface area contributed by atoms with E-state index in [0.717, 1.165) is 102 Å². The van der Waals surface area contributed by atoms with Crippen molar-refractivity contribution in [3.8, 4) is 5.75 Å². The summed E-state index contributed by atoms with van der Waals surface area (Å²) in [6.07, 6.45) is 7.26. The summed E-state index contributed by atoms with van der Waals surface area (Å²) in [5, 5.41) is 5.05. The highest BCUT2D eigenvalue weighted by atomic mass is 32.1. The van der Waals surface area contributed by atoms with E-state index in [1.807, 2.05) is 17.4 Å². The Bertz CT molecular complexity index is 1240. The van der Waals surface area contributed by atoms with Crippen molar-refractivity contribution in [3.05, 3.63) is 40.5 Å². The van der Waals surface area contributed by atoms with Crippen molar-refractivity contribution in [1.29, 1.82) is 0 Å². The van der Waals surface area contributed by atoms with E-state index in [1.165, 1.54) is 52.0 Å². The maximum absolute atomic E-state index is 5.57. The predicted molar refractivity (Wildman–Crippen MR) is 160 cm³/mol. The maximum atomic E-state index is 5.57. The van der Waals surface area contributed by atoms with Gasteiger partial charge in [-0.2, -0.15) is 0 Å². The van der Waals surface area contributed by atoms with Crippen LogP contribution in [0.2, 0.25) is 0 Å². The van der Waals surface area contributed by atoms with Gasteiger partial charge in [-0.15, -0.1) is 11.3 Å². The molecule has 0 atom stereocenters. The number of aromatic nitrogens is 2. The van der Waals surface area contributed by atoms with Gasteiger partial charge >= 0.3 is 0 Å². The van der Waals surface area contributed by atoms with E-state index in [0.29, 0.717) is 0 Å². The quantitative estimate of drug-likeness (QED) is 0.372. The van der Waals surface area contributed by atoms with Gasteiger partial charge in [0.15, 0.2) is 0 Å². The highest BCUT2D eigenvalue weighted by molar-refractivity contribution is 7.19. The van der Waals surface area contributed by atoms with Gasteiger partial charge in [0, 0.05) is 50.7 Å². The summed E-state index contributed by atoms with van der Waals surface area (Å²) < 4.78 is 11.1. The molecule has 6 rings (SSSR count). The molecule has 2 aliphatic heterocycles. The molecule has 4 heterocycles. The van der Waals surface area contributed by atoms with Crippen molar-refractivity contribution < 1.29 is 9.47 Å². The average molecular weight is 551 g/mol. The first kappa shape index (κ1) is 26.7. The fourth-order valence-corrected chi connectivity index (χ4v) is 7.41. The zero-order valence-electron chi connectivity index (χ0n) is 23.3. The van der Waals surface area contributed by atoms with Gasteiger partial charge in [-0.1, -0.05) is 12.1 Å². The number of benzene rings is 1. The summed E-state index contributed by atoms with van der Waals surface area (Å²) in [6, 6.07) is 8.36. The van der Waals surface area contributed by atoms with E-state index in [4.69, 9.17) is 19.4 Å². The Morgan fingerprint density at radius 1 is 0.949 bits per heavy atom. The Balaban J connectivity index is 1.03. The lowest BCUT2D eigenvalue weighted by atomic mass is 9.97. The number of para-hydroxylation sites is 2. The minimum atomic E-state index is 0.802. The van der Waals surface area contributed by atoms with Crippen LogP contribution in [0.4, 0.5) is 11.5 Å². The lowest BCUT2D eigenvalue weighted by Gasteiger charge is -2.36. The second-order valence-corrected chi connectivity index (χ2v) is 12.0. The Morgan fingerprint density at radius 2 is 1.77 bits per heavy atom. The summed E-state index contributed by atoms with van der Waals surface area (Å²) in [7, 11) is 1.76. The first-order valence-corrected chi connectivity index (χ1v) is 15.6. The first-order valence-electron chi connectivity index (χ1n) is 14.7. The number of methoxy groups -OCH3 is 1. The normalized spacial score (nSPS) is 18.8. The number of rotatable bonds is 10. The molecule has 1 N–H and O–H groups in total. The van der Waals surface area contributed by atoms with Gasteiger partial charge in [0.1, 0.15) is 22.2 Å². The fraction of sp³-hybridized carbons (Fsp3) is 0.600. The maximum Gasteiger partial charge on any atom is 0.146 e. The van der Waals surface area contributed by atoms with Gasteiger partial charge in [-0.05, 0) is 62.8 Å². The molecule has 2 fully saturated rings. The molecule has 1 aliphatic carbocycles. The Kier molecular flexibility index (Phi) is 8.78. The van der Waals surface area contributed by atoms with Gasteiger partial charge in [-0.25, -0.2) is 9.97 Å². The minimum absolute atomic E-state index is 0.802. The van der Waals surface area contributed by atoms with Gasteiger partial charge in [-0.3, -0.25) is 9.80 Å². The molecule has 1 aromatic carbocycles. The number of thiophene rings is 1. The number of nitrogens with one attached hydrogen (secondary N) is 1. The average Bonchev–Trinajstić information content (AvgIpc) is 3.36. The van der Waals surface area contributed by atoms with Crippen LogP contribution < -0.4 is 15.0 Å². The number of aryl methyl sites for hydroxylation is 2. The molecule has 39 heavy (non-hydrogen) atoms. The van der Waals surface area contributed by atoms with Crippen molar-refractivity contribution in [3.63, 3.8) is 0 Å². The highest BCUT2D eigenvalue weighted by Crippen LogP contribution is 2.38. The monoisotopic (exact) mass is 550 g/mol. The number of fused-ring (bicyclic) bond motifs is 3. The molecule has 0 unspecified atom stereocenters. The second kappa shape index (κ2) is 12.8. The van der Waals surface area contributed by atoms with Crippen LogP contribution in [0.1, 0.15) is 41.9 Å². The zero-order chi connectivity index (χ0) is 26.4. The fourth-order valence-electron chi connectivity index (χ4n) is 6.13. The SMILES string of the molecule is COc1ccccc1N1CCN(CCCCNc2nc(CN3CCOCC3)nc3sc4c(c23)CCCC4)CC1. The van der Waals surface area contributed by atoms with E-state index >= 15 is 0 Å². The largest absolute Gasteiger partial charge is 0.495 e. The molecule has 3 aromatic rings. The summed E-state index contributed by atoms with van der Waals surface area (Å²) in [6.45, 7) is 10.7. The molecule has 0 bridgehead atoms.